The van der Waals surface area contributed by atoms with Crippen LogP contribution in [0.5, 0.6) is 0 Å². The number of rotatable bonds is 9. The Morgan fingerprint density at radius 1 is 1.10 bits per heavy atom. The van der Waals surface area contributed by atoms with E-state index in [4.69, 9.17) is 16.3 Å². The summed E-state index contributed by atoms with van der Waals surface area (Å²) in [5.74, 6) is -1.36. The number of esters is 1. The number of hydrogen-bond acceptors (Lipinski definition) is 5. The predicted octanol–water partition coefficient (Wildman–Crippen LogP) is 3.40. The second-order valence-electron chi connectivity index (χ2n) is 6.51. The smallest absolute Gasteiger partial charge is 0.340 e. The third-order valence-corrected chi connectivity index (χ3v) is 6.89. The largest absolute Gasteiger partial charge is 0.452 e. The fraction of sp³-hybridized carbons (Fsp3) is 0.333. The molecule has 0 radical (unpaired) electrons. The molecule has 1 atom stereocenters. The maximum atomic E-state index is 12.7. The molecule has 1 unspecified atom stereocenters. The van der Waals surface area contributed by atoms with Crippen LogP contribution in [-0.4, -0.2) is 44.3 Å². The molecule has 2 rings (SSSR count). The van der Waals surface area contributed by atoms with Crippen LogP contribution in [0.15, 0.2) is 53.4 Å². The van der Waals surface area contributed by atoms with Crippen molar-refractivity contribution in [1.29, 1.82) is 0 Å². The Morgan fingerprint density at radius 3 is 2.33 bits per heavy atom. The summed E-state index contributed by atoms with van der Waals surface area (Å²) in [6, 6.07) is 12.9. The van der Waals surface area contributed by atoms with Gasteiger partial charge in [-0.1, -0.05) is 55.8 Å². The van der Waals surface area contributed by atoms with E-state index in [0.29, 0.717) is 13.1 Å². The topological polar surface area (TPSA) is 92.8 Å². The number of halogens is 1. The van der Waals surface area contributed by atoms with Crippen LogP contribution in [0.3, 0.4) is 0 Å². The number of hydrogen-bond donors (Lipinski definition) is 1. The maximum Gasteiger partial charge on any atom is 0.340 e. The molecule has 0 spiro atoms. The number of sulfonamides is 1. The van der Waals surface area contributed by atoms with E-state index in [-0.39, 0.29) is 21.5 Å². The molecule has 0 aliphatic heterocycles. The molecule has 0 bridgehead atoms. The quantitative estimate of drug-likeness (QED) is 0.588. The van der Waals surface area contributed by atoms with Gasteiger partial charge in [0.25, 0.3) is 5.91 Å². The third kappa shape index (κ3) is 5.81. The van der Waals surface area contributed by atoms with Gasteiger partial charge >= 0.3 is 5.97 Å². The van der Waals surface area contributed by atoms with Gasteiger partial charge in [-0.15, -0.1) is 0 Å². The van der Waals surface area contributed by atoms with E-state index >= 15 is 0 Å². The van der Waals surface area contributed by atoms with Gasteiger partial charge in [0, 0.05) is 13.1 Å². The molecule has 2 aromatic carbocycles. The summed E-state index contributed by atoms with van der Waals surface area (Å²) in [4.78, 5) is 24.5. The van der Waals surface area contributed by atoms with Crippen molar-refractivity contribution in [2.75, 3.05) is 19.7 Å². The number of benzene rings is 2. The highest BCUT2D eigenvalue weighted by Gasteiger charge is 2.24. The minimum atomic E-state index is -3.76. The number of ether oxygens (including phenoxy) is 1. The molecule has 0 aromatic heterocycles. The van der Waals surface area contributed by atoms with Crippen LogP contribution in [0, 0.1) is 0 Å². The van der Waals surface area contributed by atoms with E-state index in [9.17, 15) is 18.0 Å². The van der Waals surface area contributed by atoms with Crippen LogP contribution in [0.4, 0.5) is 0 Å². The average molecular weight is 453 g/mol. The second-order valence-corrected chi connectivity index (χ2v) is 8.85. The van der Waals surface area contributed by atoms with E-state index in [2.05, 4.69) is 5.32 Å². The van der Waals surface area contributed by atoms with Crippen LogP contribution >= 0.6 is 11.6 Å². The van der Waals surface area contributed by atoms with Gasteiger partial charge in [0.15, 0.2) is 6.61 Å². The molecular formula is C21H25ClN2O5S. The molecule has 0 aliphatic rings. The Morgan fingerprint density at radius 2 is 1.73 bits per heavy atom. The number of carbonyl (C=O) groups excluding carboxylic acids is 2. The molecule has 9 heteroatoms. The zero-order valence-electron chi connectivity index (χ0n) is 17.1. The number of carbonyl (C=O) groups is 2. The van der Waals surface area contributed by atoms with Crippen molar-refractivity contribution in [3.05, 3.63) is 64.7 Å². The number of amides is 1. The average Bonchev–Trinajstić information content (AvgIpc) is 2.73. The van der Waals surface area contributed by atoms with Gasteiger partial charge in [-0.3, -0.25) is 4.79 Å². The lowest BCUT2D eigenvalue weighted by molar-refractivity contribution is -0.124. The van der Waals surface area contributed by atoms with Crippen LogP contribution in [-0.2, 0) is 19.6 Å². The van der Waals surface area contributed by atoms with Crippen LogP contribution in [0.2, 0.25) is 5.02 Å². The predicted molar refractivity (Wildman–Crippen MR) is 115 cm³/mol. The van der Waals surface area contributed by atoms with Crippen molar-refractivity contribution in [1.82, 2.24) is 9.62 Å². The SMILES string of the molecule is CCN(CC)S(=O)(=O)c1ccc(Cl)c(C(=O)OCC(=O)NC(C)c2ccccc2)c1. The minimum Gasteiger partial charge on any atom is -0.452 e. The first-order valence-corrected chi connectivity index (χ1v) is 11.3. The lowest BCUT2D eigenvalue weighted by Gasteiger charge is -2.19. The summed E-state index contributed by atoms with van der Waals surface area (Å²) in [7, 11) is -3.76. The summed E-state index contributed by atoms with van der Waals surface area (Å²) in [5, 5.41) is 2.77. The fourth-order valence-electron chi connectivity index (χ4n) is 2.85. The van der Waals surface area contributed by atoms with E-state index in [0.717, 1.165) is 5.56 Å². The Bertz CT molecular complexity index is 992. The minimum absolute atomic E-state index is 0.0385. The molecule has 0 heterocycles. The lowest BCUT2D eigenvalue weighted by atomic mass is 10.1. The molecule has 30 heavy (non-hydrogen) atoms. The first-order valence-electron chi connectivity index (χ1n) is 9.51. The van der Waals surface area contributed by atoms with E-state index < -0.39 is 28.5 Å². The zero-order chi connectivity index (χ0) is 22.3. The van der Waals surface area contributed by atoms with Gasteiger partial charge < -0.3 is 10.1 Å². The van der Waals surface area contributed by atoms with Crippen LogP contribution in [0.25, 0.3) is 0 Å². The summed E-state index contributed by atoms with van der Waals surface area (Å²) in [6.07, 6.45) is 0. The zero-order valence-corrected chi connectivity index (χ0v) is 18.7. The first kappa shape index (κ1) is 23.9. The molecule has 0 fully saturated rings. The van der Waals surface area contributed by atoms with Crippen molar-refractivity contribution < 1.29 is 22.7 Å². The number of nitrogens with zero attached hydrogens (tertiary/aromatic N) is 1. The molecular weight excluding hydrogens is 428 g/mol. The second kappa shape index (κ2) is 10.6. The monoisotopic (exact) mass is 452 g/mol. The first-order chi connectivity index (χ1) is 14.2. The Balaban J connectivity index is 2.07. The lowest BCUT2D eigenvalue weighted by Crippen LogP contribution is -2.31. The van der Waals surface area contributed by atoms with Crippen molar-refractivity contribution in [2.24, 2.45) is 0 Å². The van der Waals surface area contributed by atoms with Gasteiger partial charge in [-0.05, 0) is 30.7 Å². The molecule has 7 nitrogen and oxygen atoms in total. The van der Waals surface area contributed by atoms with E-state index in [1.807, 2.05) is 37.3 Å². The summed E-state index contributed by atoms with van der Waals surface area (Å²) in [5.41, 5.74) is 0.795. The van der Waals surface area contributed by atoms with Crippen molar-refractivity contribution in [2.45, 2.75) is 31.7 Å². The van der Waals surface area contributed by atoms with Crippen molar-refractivity contribution in [3.63, 3.8) is 0 Å². The Labute approximate surface area is 182 Å². The highest BCUT2D eigenvalue weighted by molar-refractivity contribution is 7.89. The van der Waals surface area contributed by atoms with Gasteiger partial charge in [0.1, 0.15) is 0 Å². The molecule has 1 N–H and O–H groups in total. The fourth-order valence-corrected chi connectivity index (χ4v) is 4.53. The van der Waals surface area contributed by atoms with Crippen molar-refractivity contribution in [3.8, 4) is 0 Å². The van der Waals surface area contributed by atoms with E-state index in [1.54, 1.807) is 13.8 Å². The molecule has 162 valence electrons. The summed E-state index contributed by atoms with van der Waals surface area (Å²) < 4.78 is 31.7. The van der Waals surface area contributed by atoms with Crippen LogP contribution < -0.4 is 5.32 Å². The highest BCUT2D eigenvalue weighted by Crippen LogP contribution is 2.23. The molecule has 0 saturated carbocycles. The summed E-state index contributed by atoms with van der Waals surface area (Å²) >= 11 is 6.06. The van der Waals surface area contributed by atoms with Gasteiger partial charge in [-0.25, -0.2) is 13.2 Å². The Kier molecular flexibility index (Phi) is 8.40. The molecule has 1 amide bonds. The Hall–Kier alpha value is -2.42. The van der Waals surface area contributed by atoms with E-state index in [1.165, 1.54) is 22.5 Å². The molecule has 2 aromatic rings. The molecule has 0 saturated heterocycles. The normalized spacial score (nSPS) is 12.4. The summed E-state index contributed by atoms with van der Waals surface area (Å²) in [6.45, 7) is 5.33. The third-order valence-electron chi connectivity index (χ3n) is 4.51. The van der Waals surface area contributed by atoms with Gasteiger partial charge in [0.2, 0.25) is 10.0 Å². The maximum absolute atomic E-state index is 12.7. The van der Waals surface area contributed by atoms with Gasteiger partial charge in [-0.2, -0.15) is 4.31 Å². The molecule has 0 aliphatic carbocycles. The van der Waals surface area contributed by atoms with Crippen LogP contribution in [0.1, 0.15) is 42.7 Å². The standard InChI is InChI=1S/C21H25ClN2O5S/c1-4-24(5-2)30(27,28)17-11-12-19(22)18(13-17)21(26)29-14-20(25)23-15(3)16-9-7-6-8-10-16/h6-13,15H,4-5,14H2,1-3H3,(H,23,25). The van der Waals surface area contributed by atoms with Gasteiger partial charge in [0.05, 0.1) is 21.5 Å². The number of nitrogens with one attached hydrogen (secondary N) is 1. The highest BCUT2D eigenvalue weighted by atomic mass is 35.5. The van der Waals surface area contributed by atoms with Crippen molar-refractivity contribution >= 4 is 33.5 Å².